The number of ketones is 1. The molecule has 0 radical (unpaired) electrons. The average Bonchev–Trinajstić information content (AvgIpc) is 1.79. The topological polar surface area (TPSA) is 60.2 Å². The highest BCUT2D eigenvalue weighted by Crippen LogP contribution is 2.44. The number of nitrogens with two attached hydrogens (primary N) is 1. The lowest BCUT2D eigenvalue weighted by molar-refractivity contribution is -0.139. The summed E-state index contributed by atoms with van der Waals surface area (Å²) in [6.45, 7) is 5.80. The van der Waals surface area contributed by atoms with Crippen molar-refractivity contribution in [1.82, 2.24) is 0 Å². The third-order valence-electron chi connectivity index (χ3n) is 2.73. The molecule has 1 atom stereocenters. The van der Waals surface area contributed by atoms with Crippen LogP contribution in [0.15, 0.2) is 0 Å². The number of hydrogen-bond acceptors (Lipinski definition) is 2. The molecular formula is C10H17NO2. The summed E-state index contributed by atoms with van der Waals surface area (Å²) in [5.41, 5.74) is 4.58. The highest BCUT2D eigenvalue weighted by Gasteiger charge is 2.44. The van der Waals surface area contributed by atoms with Crippen molar-refractivity contribution in [2.24, 2.45) is 16.6 Å². The van der Waals surface area contributed by atoms with Crippen molar-refractivity contribution in [2.75, 3.05) is 0 Å². The molecule has 1 fully saturated rings. The maximum absolute atomic E-state index is 11.4. The third kappa shape index (κ3) is 2.08. The number of Topliss-reactive ketones (excluding diaryl/α,β-unsaturated/α-hetero) is 1. The van der Waals surface area contributed by atoms with Crippen LogP contribution in [0.2, 0.25) is 0 Å². The third-order valence-corrected chi connectivity index (χ3v) is 2.73. The molecule has 0 saturated heterocycles. The van der Waals surface area contributed by atoms with Gasteiger partial charge in [-0.25, -0.2) is 0 Å². The molecular weight excluding hydrogens is 166 g/mol. The molecule has 1 rings (SSSR count). The molecule has 1 amide bonds. The van der Waals surface area contributed by atoms with Crippen LogP contribution < -0.4 is 5.73 Å². The molecule has 3 nitrogen and oxygen atoms in total. The summed E-state index contributed by atoms with van der Waals surface area (Å²) in [7, 11) is 0. The largest absolute Gasteiger partial charge is 0.369 e. The van der Waals surface area contributed by atoms with E-state index in [1.54, 1.807) is 6.92 Å². The minimum Gasteiger partial charge on any atom is -0.369 e. The Morgan fingerprint density at radius 3 is 2.23 bits per heavy atom. The van der Waals surface area contributed by atoms with Crippen LogP contribution in [0.4, 0.5) is 0 Å². The van der Waals surface area contributed by atoms with E-state index in [0.29, 0.717) is 19.3 Å². The smallest absolute Gasteiger partial charge is 0.223 e. The van der Waals surface area contributed by atoms with Gasteiger partial charge in [-0.05, 0) is 11.8 Å². The maximum Gasteiger partial charge on any atom is 0.223 e. The Bertz CT molecular complexity index is 258. The SMILES string of the molecule is CC1(C)CC(=O)CC(C)(C(N)=O)C1. The number of primary amides is 1. The van der Waals surface area contributed by atoms with Crippen molar-refractivity contribution in [3.05, 3.63) is 0 Å². The molecule has 2 N–H and O–H groups in total. The fraction of sp³-hybridized carbons (Fsp3) is 0.800. The summed E-state index contributed by atoms with van der Waals surface area (Å²) < 4.78 is 0. The van der Waals surface area contributed by atoms with E-state index in [9.17, 15) is 9.59 Å². The van der Waals surface area contributed by atoms with E-state index in [2.05, 4.69) is 0 Å². The Kier molecular flexibility index (Phi) is 2.22. The second-order valence-corrected chi connectivity index (χ2v) is 5.16. The van der Waals surface area contributed by atoms with Crippen molar-refractivity contribution in [3.8, 4) is 0 Å². The molecule has 1 unspecified atom stereocenters. The molecule has 0 aliphatic heterocycles. The minimum atomic E-state index is -0.626. The molecule has 1 aliphatic rings. The van der Waals surface area contributed by atoms with Gasteiger partial charge in [0.1, 0.15) is 5.78 Å². The Balaban J connectivity index is 2.91. The Morgan fingerprint density at radius 2 is 1.85 bits per heavy atom. The van der Waals surface area contributed by atoms with Gasteiger partial charge in [0.15, 0.2) is 0 Å². The first-order valence-corrected chi connectivity index (χ1v) is 4.57. The van der Waals surface area contributed by atoms with Gasteiger partial charge in [0.2, 0.25) is 5.91 Å². The number of amides is 1. The zero-order chi connectivity index (χ0) is 10.3. The normalized spacial score (nSPS) is 33.0. The van der Waals surface area contributed by atoms with Gasteiger partial charge in [-0.3, -0.25) is 9.59 Å². The average molecular weight is 183 g/mol. The maximum atomic E-state index is 11.4. The van der Waals surface area contributed by atoms with Crippen molar-refractivity contribution >= 4 is 11.7 Å². The lowest BCUT2D eigenvalue weighted by Crippen LogP contribution is -2.44. The van der Waals surface area contributed by atoms with Gasteiger partial charge in [-0.15, -0.1) is 0 Å². The Morgan fingerprint density at radius 1 is 1.31 bits per heavy atom. The molecule has 0 heterocycles. The summed E-state index contributed by atoms with van der Waals surface area (Å²) in [4.78, 5) is 22.6. The molecule has 0 aromatic carbocycles. The van der Waals surface area contributed by atoms with Gasteiger partial charge >= 0.3 is 0 Å². The van der Waals surface area contributed by atoms with Crippen molar-refractivity contribution < 1.29 is 9.59 Å². The van der Waals surface area contributed by atoms with Crippen molar-refractivity contribution in [1.29, 1.82) is 0 Å². The first-order valence-electron chi connectivity index (χ1n) is 4.57. The van der Waals surface area contributed by atoms with Crippen LogP contribution in [0.1, 0.15) is 40.0 Å². The molecule has 3 heteroatoms. The second-order valence-electron chi connectivity index (χ2n) is 5.16. The quantitative estimate of drug-likeness (QED) is 0.665. The van der Waals surface area contributed by atoms with Crippen LogP contribution in [0.3, 0.4) is 0 Å². The molecule has 0 aromatic heterocycles. The van der Waals surface area contributed by atoms with Crippen LogP contribution in [-0.2, 0) is 9.59 Å². The Labute approximate surface area is 78.7 Å². The summed E-state index contributed by atoms with van der Waals surface area (Å²) in [5, 5.41) is 0. The summed E-state index contributed by atoms with van der Waals surface area (Å²) in [5.74, 6) is -0.203. The summed E-state index contributed by atoms with van der Waals surface area (Å²) in [6.07, 6.45) is 1.59. The second kappa shape index (κ2) is 2.82. The zero-order valence-electron chi connectivity index (χ0n) is 8.52. The predicted molar refractivity (Wildman–Crippen MR) is 49.9 cm³/mol. The monoisotopic (exact) mass is 183 g/mol. The zero-order valence-corrected chi connectivity index (χ0v) is 8.52. The van der Waals surface area contributed by atoms with Crippen LogP contribution in [0.5, 0.6) is 0 Å². The van der Waals surface area contributed by atoms with E-state index in [0.717, 1.165) is 0 Å². The highest BCUT2D eigenvalue weighted by molar-refractivity contribution is 5.90. The molecule has 1 saturated carbocycles. The van der Waals surface area contributed by atoms with Gasteiger partial charge < -0.3 is 5.73 Å². The van der Waals surface area contributed by atoms with Gasteiger partial charge in [-0.2, -0.15) is 0 Å². The molecule has 13 heavy (non-hydrogen) atoms. The summed E-state index contributed by atoms with van der Waals surface area (Å²) >= 11 is 0. The lowest BCUT2D eigenvalue weighted by atomic mass is 9.64. The molecule has 0 aromatic rings. The van der Waals surface area contributed by atoms with E-state index < -0.39 is 5.41 Å². The Hall–Kier alpha value is -0.860. The molecule has 1 aliphatic carbocycles. The number of rotatable bonds is 1. The fourth-order valence-corrected chi connectivity index (χ4v) is 2.39. The van der Waals surface area contributed by atoms with Gasteiger partial charge in [0.25, 0.3) is 0 Å². The standard InChI is InChI=1S/C10H17NO2/c1-9(2)4-7(12)5-10(3,6-9)8(11)13/h4-6H2,1-3H3,(H2,11,13). The van der Waals surface area contributed by atoms with Crippen molar-refractivity contribution in [2.45, 2.75) is 40.0 Å². The van der Waals surface area contributed by atoms with E-state index in [4.69, 9.17) is 5.73 Å². The van der Waals surface area contributed by atoms with E-state index in [-0.39, 0.29) is 17.1 Å². The number of carbonyl (C=O) groups excluding carboxylic acids is 2. The first kappa shape index (κ1) is 10.2. The van der Waals surface area contributed by atoms with Gasteiger partial charge in [0.05, 0.1) is 5.41 Å². The predicted octanol–water partition coefficient (Wildman–Crippen LogP) is 1.26. The fourth-order valence-electron chi connectivity index (χ4n) is 2.39. The van der Waals surface area contributed by atoms with Gasteiger partial charge in [-0.1, -0.05) is 20.8 Å². The minimum absolute atomic E-state index is 0.0842. The van der Waals surface area contributed by atoms with E-state index in [1.807, 2.05) is 13.8 Å². The highest BCUT2D eigenvalue weighted by atomic mass is 16.1. The molecule has 0 spiro atoms. The van der Waals surface area contributed by atoms with Crippen LogP contribution in [0, 0.1) is 10.8 Å². The van der Waals surface area contributed by atoms with Crippen molar-refractivity contribution in [3.63, 3.8) is 0 Å². The lowest BCUT2D eigenvalue weighted by Gasteiger charge is -2.39. The molecule has 74 valence electrons. The first-order chi connectivity index (χ1) is 5.75. The van der Waals surface area contributed by atoms with Crippen LogP contribution in [-0.4, -0.2) is 11.7 Å². The van der Waals surface area contributed by atoms with E-state index in [1.165, 1.54) is 0 Å². The number of hydrogen-bond donors (Lipinski definition) is 1. The van der Waals surface area contributed by atoms with Crippen LogP contribution >= 0.6 is 0 Å². The van der Waals surface area contributed by atoms with E-state index >= 15 is 0 Å². The van der Waals surface area contributed by atoms with Gasteiger partial charge in [0, 0.05) is 12.8 Å². The summed E-state index contributed by atoms with van der Waals surface area (Å²) in [6, 6.07) is 0. The number of carbonyl (C=O) groups is 2. The van der Waals surface area contributed by atoms with Crippen LogP contribution in [0.25, 0.3) is 0 Å². The molecule has 0 bridgehead atoms.